The predicted molar refractivity (Wildman–Crippen MR) is 79.1 cm³/mol. The van der Waals surface area contributed by atoms with Crippen LogP contribution in [-0.2, 0) is 11.2 Å². The maximum Gasteiger partial charge on any atom is 0.257 e. The lowest BCUT2D eigenvalue weighted by Gasteiger charge is -2.15. The van der Waals surface area contributed by atoms with E-state index in [0.717, 1.165) is 0 Å². The number of hydrogen-bond acceptors (Lipinski definition) is 3. The van der Waals surface area contributed by atoms with Crippen molar-refractivity contribution in [1.29, 1.82) is 0 Å². The van der Waals surface area contributed by atoms with Crippen molar-refractivity contribution >= 4 is 11.8 Å². The van der Waals surface area contributed by atoms with Gasteiger partial charge in [0.2, 0.25) is 5.91 Å². The average molecular weight is 304 g/mol. The number of carbonyl (C=O) groups excluding carboxylic acids is 2. The minimum Gasteiger partial charge on any atom is -0.368 e. The molecule has 0 bridgehead atoms. The number of likely N-dealkylation sites (N-methyl/N-ethyl adjacent to an activating group) is 1. The maximum absolute atomic E-state index is 13.0. The van der Waals surface area contributed by atoms with Crippen molar-refractivity contribution in [3.63, 3.8) is 0 Å². The minimum atomic E-state index is -0.583. The van der Waals surface area contributed by atoms with Crippen LogP contribution in [0.25, 0.3) is 5.69 Å². The second kappa shape index (κ2) is 6.38. The van der Waals surface area contributed by atoms with Gasteiger partial charge in [-0.25, -0.2) is 9.07 Å². The van der Waals surface area contributed by atoms with Crippen LogP contribution in [0.5, 0.6) is 0 Å². The molecule has 0 aliphatic rings. The molecule has 6 nitrogen and oxygen atoms in total. The number of hydrogen-bond donors (Lipinski definition) is 1. The molecule has 2 N–H and O–H groups in total. The Kier molecular flexibility index (Phi) is 4.55. The molecule has 1 aromatic carbocycles. The molecule has 0 atom stereocenters. The monoisotopic (exact) mass is 304 g/mol. The summed E-state index contributed by atoms with van der Waals surface area (Å²) in [5.74, 6) is -1.25. The first kappa shape index (κ1) is 15.7. The zero-order valence-corrected chi connectivity index (χ0v) is 12.4. The van der Waals surface area contributed by atoms with E-state index in [1.807, 2.05) is 6.92 Å². The molecule has 0 aliphatic heterocycles. The zero-order valence-electron chi connectivity index (χ0n) is 12.4. The molecule has 0 spiro atoms. The number of amides is 2. The first-order valence-electron chi connectivity index (χ1n) is 6.80. The lowest BCUT2D eigenvalue weighted by atomic mass is 10.1. The molecular weight excluding hydrogens is 287 g/mol. The minimum absolute atomic E-state index is 0.163. The molecule has 0 saturated heterocycles. The Balaban J connectivity index is 2.37. The number of carbonyl (C=O) groups is 2. The molecule has 1 aromatic heterocycles. The molecule has 0 saturated carbocycles. The van der Waals surface area contributed by atoms with Crippen molar-refractivity contribution in [3.8, 4) is 5.69 Å². The van der Waals surface area contributed by atoms with E-state index in [4.69, 9.17) is 5.73 Å². The third kappa shape index (κ3) is 3.13. The van der Waals surface area contributed by atoms with Crippen LogP contribution in [0.2, 0.25) is 0 Å². The highest BCUT2D eigenvalue weighted by molar-refractivity contribution is 5.97. The number of nitrogens with two attached hydrogens (primary N) is 1. The van der Waals surface area contributed by atoms with Crippen LogP contribution in [0.3, 0.4) is 0 Å². The van der Waals surface area contributed by atoms with E-state index >= 15 is 0 Å². The van der Waals surface area contributed by atoms with Gasteiger partial charge in [-0.3, -0.25) is 9.59 Å². The van der Waals surface area contributed by atoms with Gasteiger partial charge in [-0.2, -0.15) is 5.10 Å². The molecule has 0 fully saturated rings. The largest absolute Gasteiger partial charge is 0.368 e. The van der Waals surface area contributed by atoms with Crippen molar-refractivity contribution < 1.29 is 14.0 Å². The number of benzene rings is 1. The van der Waals surface area contributed by atoms with Crippen molar-refractivity contribution in [1.82, 2.24) is 14.7 Å². The van der Waals surface area contributed by atoms with Gasteiger partial charge in [-0.15, -0.1) is 0 Å². The highest BCUT2D eigenvalue weighted by Crippen LogP contribution is 2.17. The Morgan fingerprint density at radius 1 is 1.32 bits per heavy atom. The first-order chi connectivity index (χ1) is 10.4. The van der Waals surface area contributed by atoms with Gasteiger partial charge in [0.25, 0.3) is 5.91 Å². The number of aromatic nitrogens is 2. The van der Waals surface area contributed by atoms with E-state index in [0.29, 0.717) is 23.4 Å². The summed E-state index contributed by atoms with van der Waals surface area (Å²) < 4.78 is 14.6. The molecule has 7 heteroatoms. The smallest absolute Gasteiger partial charge is 0.257 e. The average Bonchev–Trinajstić information content (AvgIpc) is 2.90. The van der Waals surface area contributed by atoms with Crippen LogP contribution in [0.4, 0.5) is 4.39 Å². The number of primary amides is 1. The lowest BCUT2D eigenvalue weighted by Crippen LogP contribution is -2.35. The van der Waals surface area contributed by atoms with Gasteiger partial charge in [0.15, 0.2) is 0 Å². The lowest BCUT2D eigenvalue weighted by molar-refractivity contribution is -0.118. The molecule has 0 radical (unpaired) electrons. The van der Waals surface area contributed by atoms with E-state index in [1.54, 1.807) is 16.8 Å². The molecule has 2 aromatic rings. The number of halogens is 1. The van der Waals surface area contributed by atoms with E-state index < -0.39 is 5.91 Å². The van der Waals surface area contributed by atoms with Crippen LogP contribution in [0.1, 0.15) is 23.0 Å². The summed E-state index contributed by atoms with van der Waals surface area (Å²) in [4.78, 5) is 24.5. The van der Waals surface area contributed by atoms with E-state index in [2.05, 4.69) is 5.10 Å². The van der Waals surface area contributed by atoms with Crippen LogP contribution in [0, 0.1) is 5.82 Å². The number of nitrogens with zero attached hydrogens (tertiary/aromatic N) is 3. The van der Waals surface area contributed by atoms with Crippen LogP contribution in [0.15, 0.2) is 30.5 Å². The molecule has 0 unspecified atom stereocenters. The molecule has 1 heterocycles. The molecule has 2 rings (SSSR count). The van der Waals surface area contributed by atoms with Crippen molar-refractivity contribution in [2.75, 3.05) is 13.6 Å². The standard InChI is InChI=1S/C15H17FN4O2/c1-3-13-12(15(22)19(2)9-14(17)21)8-18-20(13)11-6-4-10(16)5-7-11/h4-8H,3,9H2,1-2H3,(H2,17,21). The van der Waals surface area contributed by atoms with Gasteiger partial charge in [0.1, 0.15) is 5.82 Å². The summed E-state index contributed by atoms with van der Waals surface area (Å²) in [5.41, 5.74) is 6.85. The molecular formula is C15H17FN4O2. The summed E-state index contributed by atoms with van der Waals surface area (Å²) in [6, 6.07) is 5.83. The normalized spacial score (nSPS) is 10.5. The van der Waals surface area contributed by atoms with Crippen LogP contribution in [-0.4, -0.2) is 40.1 Å². The van der Waals surface area contributed by atoms with Crippen molar-refractivity contribution in [2.45, 2.75) is 13.3 Å². The van der Waals surface area contributed by atoms with E-state index in [-0.39, 0.29) is 18.3 Å². The third-order valence-electron chi connectivity index (χ3n) is 3.25. The highest BCUT2D eigenvalue weighted by atomic mass is 19.1. The summed E-state index contributed by atoms with van der Waals surface area (Å²) in [6.07, 6.45) is 2.00. The SMILES string of the molecule is CCc1c(C(=O)N(C)CC(N)=O)cnn1-c1ccc(F)cc1. The Hall–Kier alpha value is -2.70. The quantitative estimate of drug-likeness (QED) is 0.899. The second-order valence-corrected chi connectivity index (χ2v) is 4.87. The first-order valence-corrected chi connectivity index (χ1v) is 6.80. The molecule has 116 valence electrons. The summed E-state index contributed by atoms with van der Waals surface area (Å²) >= 11 is 0. The fourth-order valence-electron chi connectivity index (χ4n) is 2.21. The van der Waals surface area contributed by atoms with E-state index in [1.165, 1.54) is 30.3 Å². The van der Waals surface area contributed by atoms with Gasteiger partial charge >= 0.3 is 0 Å². The summed E-state index contributed by atoms with van der Waals surface area (Å²) in [7, 11) is 1.50. The zero-order chi connectivity index (χ0) is 16.3. The Bertz CT molecular complexity index is 694. The summed E-state index contributed by atoms with van der Waals surface area (Å²) in [5, 5.41) is 4.20. The van der Waals surface area contributed by atoms with E-state index in [9.17, 15) is 14.0 Å². The van der Waals surface area contributed by atoms with Crippen LogP contribution < -0.4 is 5.73 Å². The Labute approximate surface area is 127 Å². The van der Waals surface area contributed by atoms with Gasteiger partial charge in [0, 0.05) is 7.05 Å². The van der Waals surface area contributed by atoms with Crippen molar-refractivity contribution in [3.05, 3.63) is 47.5 Å². The maximum atomic E-state index is 13.0. The van der Waals surface area contributed by atoms with Gasteiger partial charge in [0.05, 0.1) is 29.7 Å². The fraction of sp³-hybridized carbons (Fsp3) is 0.267. The molecule has 0 aliphatic carbocycles. The molecule has 2 amide bonds. The fourth-order valence-corrected chi connectivity index (χ4v) is 2.21. The number of rotatable bonds is 5. The third-order valence-corrected chi connectivity index (χ3v) is 3.25. The highest BCUT2D eigenvalue weighted by Gasteiger charge is 2.21. The van der Waals surface area contributed by atoms with Gasteiger partial charge < -0.3 is 10.6 Å². The van der Waals surface area contributed by atoms with Crippen LogP contribution >= 0.6 is 0 Å². The van der Waals surface area contributed by atoms with Gasteiger partial charge in [-0.1, -0.05) is 6.92 Å². The summed E-state index contributed by atoms with van der Waals surface area (Å²) in [6.45, 7) is 1.73. The second-order valence-electron chi connectivity index (χ2n) is 4.87. The Morgan fingerprint density at radius 3 is 2.50 bits per heavy atom. The van der Waals surface area contributed by atoms with Gasteiger partial charge in [-0.05, 0) is 30.7 Å². The molecule has 22 heavy (non-hydrogen) atoms. The Morgan fingerprint density at radius 2 is 1.95 bits per heavy atom. The predicted octanol–water partition coefficient (Wildman–Crippen LogP) is 1.13. The topological polar surface area (TPSA) is 81.2 Å². The van der Waals surface area contributed by atoms with Crippen molar-refractivity contribution in [2.24, 2.45) is 5.73 Å².